The molecule has 2 fully saturated rings. The van der Waals surface area contributed by atoms with Gasteiger partial charge in [0.15, 0.2) is 16.6 Å². The number of hydrogen-bond acceptors (Lipinski definition) is 12. The van der Waals surface area contributed by atoms with E-state index in [1.165, 1.54) is 0 Å². The average molecular weight is 1220 g/mol. The lowest BCUT2D eigenvalue weighted by molar-refractivity contribution is -0.161. The maximum atomic E-state index is 15.3. The molecule has 12 rings (SSSR count). The Bertz CT molecular complexity index is 3350. The highest BCUT2D eigenvalue weighted by Gasteiger charge is 2.67. The van der Waals surface area contributed by atoms with Gasteiger partial charge in [-0.15, -0.1) is 0 Å². The van der Waals surface area contributed by atoms with Crippen LogP contribution in [0.15, 0.2) is 133 Å². The number of carbonyl (C=O) groups is 4. The van der Waals surface area contributed by atoms with Crippen LogP contribution in [0.25, 0.3) is 33.4 Å². The molecule has 2 aliphatic carbocycles. The molecule has 4 aliphatic heterocycles. The Morgan fingerprint density at radius 1 is 0.466 bits per heavy atom. The number of benzene rings is 6. The molecule has 6 atom stereocenters. The number of fused-ring (bicyclic) bond motifs is 12. The van der Waals surface area contributed by atoms with Crippen LogP contribution in [0.2, 0.25) is 36.3 Å². The van der Waals surface area contributed by atoms with E-state index in [0.29, 0.717) is 0 Å². The minimum absolute atomic E-state index is 0.0687. The molecule has 2 amide bonds. The summed E-state index contributed by atoms with van der Waals surface area (Å²) in [5.74, 6) is -1.46. The lowest BCUT2D eigenvalue weighted by atomic mass is 9.86. The molecule has 462 valence electrons. The summed E-state index contributed by atoms with van der Waals surface area (Å²) < 4.78 is 41.1. The van der Waals surface area contributed by atoms with Crippen molar-refractivity contribution in [3.8, 4) is 33.4 Å². The lowest BCUT2D eigenvalue weighted by Crippen LogP contribution is -2.54. The average Bonchev–Trinajstić information content (AvgIpc) is 1.59. The highest BCUT2D eigenvalue weighted by molar-refractivity contribution is 6.74. The van der Waals surface area contributed by atoms with Gasteiger partial charge in [-0.2, -0.15) is 0 Å². The van der Waals surface area contributed by atoms with Gasteiger partial charge in [-0.3, -0.25) is 9.80 Å². The zero-order chi connectivity index (χ0) is 62.3. The highest BCUT2D eigenvalue weighted by Crippen LogP contribution is 2.58. The van der Waals surface area contributed by atoms with E-state index >= 15 is 9.59 Å². The van der Waals surface area contributed by atoms with Crippen LogP contribution in [-0.2, 0) is 48.6 Å². The van der Waals surface area contributed by atoms with Gasteiger partial charge in [-0.05, 0) is 158 Å². The summed E-state index contributed by atoms with van der Waals surface area (Å²) >= 11 is 0. The van der Waals surface area contributed by atoms with E-state index in [9.17, 15) is 9.59 Å². The Kier molecular flexibility index (Phi) is 15.9. The van der Waals surface area contributed by atoms with E-state index in [1.54, 1.807) is 9.80 Å². The molecule has 0 spiro atoms. The van der Waals surface area contributed by atoms with Crippen molar-refractivity contribution in [3.63, 3.8) is 0 Å². The van der Waals surface area contributed by atoms with Crippen molar-refractivity contribution in [2.24, 2.45) is 0 Å². The fourth-order valence-electron chi connectivity index (χ4n) is 15.3. The molecular formula is C72H86N4O10Si2. The van der Waals surface area contributed by atoms with Crippen molar-refractivity contribution in [2.75, 3.05) is 23.8 Å². The standard InChI is InChI=1S/C72H86N4O10Si2/c1-13-87(14-2,15-3)85-71-41-61(63(77)83-69(7,8)9)75(67(79)81-43-55-51-31-23-19-27-47(51)48-28-20-24-32-52(48)55)65(71)73-59-37-35-45(39-57(59)71)46-36-38-60-58(40-46)72(86-88(16-4,17-5)18-6)42-62(64(78)84-70(10,11)12)76(66(72)74-60)68(80)82-44-56-53-33-25-21-29-49(53)50-30-22-26-34-54(50)56/h19-40,55-56,61-62,65-66,73-74H,13-18,41-44H2,1-12H3/t61-,62-,65-,66-,71+,72+/m0/s1. The molecule has 16 heteroatoms. The predicted octanol–water partition coefficient (Wildman–Crippen LogP) is 16.0. The van der Waals surface area contributed by atoms with Crippen molar-refractivity contribution < 1.29 is 47.0 Å². The smallest absolute Gasteiger partial charge is 0.412 e. The van der Waals surface area contributed by atoms with Gasteiger partial charge < -0.3 is 38.4 Å². The molecule has 6 aromatic rings. The lowest BCUT2D eigenvalue weighted by Gasteiger charge is -2.41. The third kappa shape index (κ3) is 10.3. The minimum atomic E-state index is -2.57. The number of nitrogens with zero attached hydrogens (tertiary/aromatic N) is 2. The van der Waals surface area contributed by atoms with E-state index in [2.05, 4.69) is 137 Å². The van der Waals surface area contributed by atoms with Crippen molar-refractivity contribution in [1.82, 2.24) is 9.80 Å². The van der Waals surface area contributed by atoms with E-state index in [0.717, 1.165) is 114 Å². The van der Waals surface area contributed by atoms with Crippen LogP contribution < -0.4 is 10.6 Å². The van der Waals surface area contributed by atoms with Gasteiger partial charge in [0.25, 0.3) is 0 Å². The van der Waals surface area contributed by atoms with Crippen LogP contribution in [0.1, 0.15) is 141 Å². The number of likely N-dealkylation sites (tertiary alicyclic amines) is 2. The third-order valence-corrected chi connectivity index (χ3v) is 29.4. The third-order valence-electron chi connectivity index (χ3n) is 20.1. The summed E-state index contributed by atoms with van der Waals surface area (Å²) in [5.41, 5.74) is 9.75. The van der Waals surface area contributed by atoms with E-state index in [4.69, 9.17) is 27.8 Å². The SMILES string of the molecule is CC[Si](CC)(CC)O[C@@]12C[C@@H](C(=O)OC(C)(C)C)N(C(=O)OCC3c4ccccc4-c4ccccc43)[C@@H]1Nc1ccc(-c3ccc4c(c3)[C@]3(O[Si](CC)(CC)CC)C[C@@H](C(=O)OC(C)(C)C)N(C(=O)OCC5c6ccccc6-c6ccccc65)[C@@H]3N4)cc12. The number of anilines is 2. The zero-order valence-corrected chi connectivity index (χ0v) is 55.2. The maximum Gasteiger partial charge on any atom is 0.412 e. The Morgan fingerprint density at radius 3 is 1.07 bits per heavy atom. The first-order valence-corrected chi connectivity index (χ1v) is 37.1. The topological polar surface area (TPSA) is 154 Å². The van der Waals surface area contributed by atoms with Crippen molar-refractivity contribution in [3.05, 3.63) is 167 Å². The van der Waals surface area contributed by atoms with Crippen molar-refractivity contribution in [1.29, 1.82) is 0 Å². The van der Waals surface area contributed by atoms with Gasteiger partial charge in [0.1, 0.15) is 60.0 Å². The Labute approximate surface area is 521 Å². The Hall–Kier alpha value is -7.25. The number of amides is 2. The molecular weight excluding hydrogens is 1140 g/mol. The van der Waals surface area contributed by atoms with Crippen LogP contribution in [0.4, 0.5) is 21.0 Å². The fraction of sp³-hybridized carbons (Fsp3) is 0.444. The Balaban J connectivity index is 0.932. The van der Waals surface area contributed by atoms with Gasteiger partial charge in [-0.1, -0.05) is 151 Å². The summed E-state index contributed by atoms with van der Waals surface area (Å²) in [6.45, 7) is 24.3. The molecule has 0 aromatic heterocycles. The number of rotatable bonds is 17. The van der Waals surface area contributed by atoms with Gasteiger partial charge in [-0.25, -0.2) is 19.2 Å². The van der Waals surface area contributed by atoms with E-state index < -0.39 is 87.6 Å². The minimum Gasteiger partial charge on any atom is -0.458 e. The number of ether oxygens (including phenoxy) is 4. The zero-order valence-electron chi connectivity index (χ0n) is 53.2. The molecule has 0 saturated carbocycles. The summed E-state index contributed by atoms with van der Waals surface area (Å²) in [6.07, 6.45) is -2.64. The van der Waals surface area contributed by atoms with E-state index in [1.807, 2.05) is 90.1 Å². The maximum absolute atomic E-state index is 15.3. The molecule has 88 heavy (non-hydrogen) atoms. The molecule has 0 radical (unpaired) electrons. The largest absolute Gasteiger partial charge is 0.458 e. The van der Waals surface area contributed by atoms with Gasteiger partial charge in [0.2, 0.25) is 0 Å². The van der Waals surface area contributed by atoms with Gasteiger partial charge in [0.05, 0.1) is 0 Å². The summed E-state index contributed by atoms with van der Waals surface area (Å²) in [4.78, 5) is 63.5. The number of hydrogen-bond donors (Lipinski definition) is 2. The first kappa shape index (κ1) is 61.0. The molecule has 6 aliphatic rings. The van der Waals surface area contributed by atoms with Crippen LogP contribution >= 0.6 is 0 Å². The van der Waals surface area contributed by atoms with Crippen LogP contribution in [0.5, 0.6) is 0 Å². The molecule has 2 saturated heterocycles. The quantitative estimate of drug-likeness (QED) is 0.0507. The summed E-state index contributed by atoms with van der Waals surface area (Å²) in [6, 6.07) is 48.4. The second-order valence-corrected chi connectivity index (χ2v) is 36.4. The first-order chi connectivity index (χ1) is 42.1. The molecule has 0 bridgehead atoms. The molecule has 14 nitrogen and oxygen atoms in total. The van der Waals surface area contributed by atoms with Crippen molar-refractivity contribution in [2.45, 2.75) is 191 Å². The van der Waals surface area contributed by atoms with E-state index in [-0.39, 0.29) is 37.9 Å². The van der Waals surface area contributed by atoms with Gasteiger partial charge in [0, 0.05) is 47.2 Å². The monoisotopic (exact) mass is 1220 g/mol. The second kappa shape index (κ2) is 23.0. The van der Waals surface area contributed by atoms with Gasteiger partial charge >= 0.3 is 24.1 Å². The summed E-state index contributed by atoms with van der Waals surface area (Å²) in [5, 5.41) is 7.51. The Morgan fingerprint density at radius 2 is 0.773 bits per heavy atom. The van der Waals surface area contributed by atoms with Crippen LogP contribution in [0.3, 0.4) is 0 Å². The predicted molar refractivity (Wildman–Crippen MR) is 349 cm³/mol. The van der Waals surface area contributed by atoms with Crippen LogP contribution in [0, 0.1) is 0 Å². The number of nitrogens with one attached hydrogen (secondary N) is 2. The molecule has 4 heterocycles. The first-order valence-electron chi connectivity index (χ1n) is 32.0. The fourth-order valence-corrected chi connectivity index (χ4v) is 21.4. The normalized spacial score (nSPS) is 22.3. The second-order valence-electron chi connectivity index (χ2n) is 27.0. The number of carbonyl (C=O) groups excluding carboxylic acids is 4. The molecule has 0 unspecified atom stereocenters. The van der Waals surface area contributed by atoms with Crippen molar-refractivity contribution >= 4 is 52.1 Å². The highest BCUT2D eigenvalue weighted by atomic mass is 28.4. The number of esters is 2. The molecule has 2 N–H and O–H groups in total. The molecule has 6 aromatic carbocycles. The van der Waals surface area contributed by atoms with Crippen LogP contribution in [-0.4, -0.2) is 99.4 Å². The summed E-state index contributed by atoms with van der Waals surface area (Å²) in [7, 11) is -5.15.